The predicted octanol–water partition coefficient (Wildman–Crippen LogP) is 0.614. The second kappa shape index (κ2) is 5.20. The van der Waals surface area contributed by atoms with Gasteiger partial charge >= 0.3 is 0 Å². The number of aromatic nitrogens is 2. The second-order valence-electron chi connectivity index (χ2n) is 4.62. The summed E-state index contributed by atoms with van der Waals surface area (Å²) in [5.74, 6) is 2.28. The van der Waals surface area contributed by atoms with Crippen LogP contribution in [0.15, 0.2) is 0 Å². The number of rotatable bonds is 5. The summed E-state index contributed by atoms with van der Waals surface area (Å²) in [5, 5.41) is 6.05. The third-order valence-electron chi connectivity index (χ3n) is 2.96. The molecule has 1 aromatic rings. The van der Waals surface area contributed by atoms with E-state index < -0.39 is 0 Å². The first-order valence-electron chi connectivity index (χ1n) is 6.20. The van der Waals surface area contributed by atoms with Gasteiger partial charge in [-0.25, -0.2) is 9.97 Å². The Kier molecular flexibility index (Phi) is 3.64. The lowest BCUT2D eigenvalue weighted by atomic mass is 10.3. The number of nitrogens with one attached hydrogen (secondary N) is 2. The summed E-state index contributed by atoms with van der Waals surface area (Å²) >= 11 is 0. The molecule has 2 rings (SSSR count). The molecule has 0 bridgehead atoms. The molecule has 0 atom stereocenters. The number of amides is 1. The minimum absolute atomic E-state index is 0.159. The van der Waals surface area contributed by atoms with Crippen LogP contribution in [0.2, 0.25) is 0 Å². The number of nitrogens with two attached hydrogens (primary N) is 1. The third-order valence-corrected chi connectivity index (χ3v) is 2.96. The normalized spacial score (nSPS) is 14.3. The van der Waals surface area contributed by atoms with Crippen molar-refractivity contribution in [3.05, 3.63) is 11.4 Å². The van der Waals surface area contributed by atoms with E-state index in [9.17, 15) is 4.79 Å². The van der Waals surface area contributed by atoms with Gasteiger partial charge in [0.05, 0.1) is 0 Å². The van der Waals surface area contributed by atoms with Gasteiger partial charge in [0.1, 0.15) is 17.5 Å². The molecule has 0 aromatic carbocycles. The summed E-state index contributed by atoms with van der Waals surface area (Å²) in [4.78, 5) is 19.8. The van der Waals surface area contributed by atoms with E-state index in [1.807, 2.05) is 6.92 Å². The van der Waals surface area contributed by atoms with E-state index >= 15 is 0 Å². The van der Waals surface area contributed by atoms with Crippen LogP contribution in [0.4, 0.5) is 11.6 Å². The van der Waals surface area contributed by atoms with Crippen LogP contribution in [-0.2, 0) is 4.79 Å². The standard InChI is InChI=1S/C12H19N5O/c1-7-10(13)16-8(2)17-11(7)14-5-6-15-12(18)9-3-4-9/h9H,3-6H2,1-2H3,(H,15,18)(H3,13,14,16,17). The number of carbonyl (C=O) groups excluding carboxylic acids is 1. The quantitative estimate of drug-likeness (QED) is 0.665. The molecule has 0 unspecified atom stereocenters. The minimum atomic E-state index is 0.159. The van der Waals surface area contributed by atoms with Crippen LogP contribution < -0.4 is 16.4 Å². The molecule has 1 aliphatic carbocycles. The molecular weight excluding hydrogens is 230 g/mol. The number of carbonyl (C=O) groups is 1. The Hall–Kier alpha value is -1.85. The number of nitrogens with zero attached hydrogens (tertiary/aromatic N) is 2. The zero-order valence-corrected chi connectivity index (χ0v) is 10.8. The van der Waals surface area contributed by atoms with Crippen molar-refractivity contribution in [3.8, 4) is 0 Å². The van der Waals surface area contributed by atoms with E-state index in [0.29, 0.717) is 24.7 Å². The Morgan fingerprint density at radius 3 is 2.72 bits per heavy atom. The predicted molar refractivity (Wildman–Crippen MR) is 70.1 cm³/mol. The fourth-order valence-corrected chi connectivity index (χ4v) is 1.68. The summed E-state index contributed by atoms with van der Waals surface area (Å²) in [6.45, 7) is 4.91. The van der Waals surface area contributed by atoms with Gasteiger partial charge < -0.3 is 16.4 Å². The van der Waals surface area contributed by atoms with Crippen molar-refractivity contribution in [2.45, 2.75) is 26.7 Å². The lowest BCUT2D eigenvalue weighted by molar-refractivity contribution is -0.122. The van der Waals surface area contributed by atoms with Crippen molar-refractivity contribution in [3.63, 3.8) is 0 Å². The van der Waals surface area contributed by atoms with E-state index in [2.05, 4.69) is 20.6 Å². The summed E-state index contributed by atoms with van der Waals surface area (Å²) in [7, 11) is 0. The largest absolute Gasteiger partial charge is 0.383 e. The Morgan fingerprint density at radius 2 is 2.06 bits per heavy atom. The molecule has 1 amide bonds. The average Bonchev–Trinajstić information content (AvgIpc) is 3.14. The van der Waals surface area contributed by atoms with Crippen LogP contribution in [0.25, 0.3) is 0 Å². The number of nitrogen functional groups attached to an aromatic ring is 1. The first-order valence-corrected chi connectivity index (χ1v) is 6.20. The molecular formula is C12H19N5O. The summed E-state index contributed by atoms with van der Waals surface area (Å²) in [5.41, 5.74) is 6.60. The van der Waals surface area contributed by atoms with Crippen molar-refractivity contribution in [1.82, 2.24) is 15.3 Å². The van der Waals surface area contributed by atoms with Crippen LogP contribution in [-0.4, -0.2) is 29.0 Å². The molecule has 0 radical (unpaired) electrons. The molecule has 0 aliphatic heterocycles. The Morgan fingerprint density at radius 1 is 1.33 bits per heavy atom. The maximum atomic E-state index is 11.4. The maximum absolute atomic E-state index is 11.4. The van der Waals surface area contributed by atoms with Gasteiger partial charge in [-0.05, 0) is 26.7 Å². The zero-order chi connectivity index (χ0) is 13.1. The Labute approximate surface area is 106 Å². The van der Waals surface area contributed by atoms with Gasteiger partial charge in [0.25, 0.3) is 0 Å². The van der Waals surface area contributed by atoms with E-state index in [1.165, 1.54) is 0 Å². The highest BCUT2D eigenvalue weighted by Crippen LogP contribution is 2.28. The molecule has 0 saturated heterocycles. The molecule has 98 valence electrons. The van der Waals surface area contributed by atoms with Crippen molar-refractivity contribution in [2.24, 2.45) is 5.92 Å². The smallest absolute Gasteiger partial charge is 0.223 e. The van der Waals surface area contributed by atoms with Gasteiger partial charge in [-0.1, -0.05) is 0 Å². The number of hydrogen-bond donors (Lipinski definition) is 3. The fourth-order valence-electron chi connectivity index (χ4n) is 1.68. The molecule has 1 saturated carbocycles. The number of anilines is 2. The van der Waals surface area contributed by atoms with Gasteiger partial charge in [0, 0.05) is 24.6 Å². The van der Waals surface area contributed by atoms with Gasteiger partial charge in [-0.3, -0.25) is 4.79 Å². The average molecular weight is 249 g/mol. The van der Waals surface area contributed by atoms with Crippen LogP contribution in [0.1, 0.15) is 24.2 Å². The molecule has 6 nitrogen and oxygen atoms in total. The first kappa shape index (κ1) is 12.6. The third kappa shape index (κ3) is 3.09. The van der Waals surface area contributed by atoms with Gasteiger partial charge in [-0.15, -0.1) is 0 Å². The minimum Gasteiger partial charge on any atom is -0.383 e. The van der Waals surface area contributed by atoms with Crippen molar-refractivity contribution < 1.29 is 4.79 Å². The fraction of sp³-hybridized carbons (Fsp3) is 0.583. The van der Waals surface area contributed by atoms with Crippen LogP contribution in [0.5, 0.6) is 0 Å². The van der Waals surface area contributed by atoms with E-state index in [-0.39, 0.29) is 11.8 Å². The van der Waals surface area contributed by atoms with Crippen LogP contribution in [0, 0.1) is 19.8 Å². The highest BCUT2D eigenvalue weighted by atomic mass is 16.2. The molecule has 1 fully saturated rings. The second-order valence-corrected chi connectivity index (χ2v) is 4.62. The van der Waals surface area contributed by atoms with Crippen LogP contribution >= 0.6 is 0 Å². The molecule has 0 spiro atoms. The van der Waals surface area contributed by atoms with Gasteiger partial charge in [0.2, 0.25) is 5.91 Å². The lowest BCUT2D eigenvalue weighted by Crippen LogP contribution is -2.30. The zero-order valence-electron chi connectivity index (χ0n) is 10.8. The molecule has 1 aliphatic rings. The highest BCUT2D eigenvalue weighted by molar-refractivity contribution is 5.80. The van der Waals surface area contributed by atoms with Gasteiger partial charge in [-0.2, -0.15) is 0 Å². The topological polar surface area (TPSA) is 92.9 Å². The maximum Gasteiger partial charge on any atom is 0.223 e. The molecule has 6 heteroatoms. The van der Waals surface area contributed by atoms with E-state index in [0.717, 1.165) is 24.2 Å². The van der Waals surface area contributed by atoms with Crippen molar-refractivity contribution >= 4 is 17.5 Å². The lowest BCUT2D eigenvalue weighted by Gasteiger charge is -2.11. The van der Waals surface area contributed by atoms with Crippen molar-refractivity contribution in [2.75, 3.05) is 24.1 Å². The first-order chi connectivity index (χ1) is 8.58. The molecule has 18 heavy (non-hydrogen) atoms. The molecule has 1 aromatic heterocycles. The Balaban J connectivity index is 1.80. The SMILES string of the molecule is Cc1nc(N)c(C)c(NCCNC(=O)C2CC2)n1. The highest BCUT2D eigenvalue weighted by Gasteiger charge is 2.28. The van der Waals surface area contributed by atoms with Gasteiger partial charge in [0.15, 0.2) is 0 Å². The number of hydrogen-bond acceptors (Lipinski definition) is 5. The summed E-state index contributed by atoms with van der Waals surface area (Å²) in [6.07, 6.45) is 2.06. The molecule has 1 heterocycles. The number of aryl methyl sites for hydroxylation is 1. The summed E-state index contributed by atoms with van der Waals surface area (Å²) < 4.78 is 0. The van der Waals surface area contributed by atoms with E-state index in [4.69, 9.17) is 5.73 Å². The van der Waals surface area contributed by atoms with Crippen molar-refractivity contribution in [1.29, 1.82) is 0 Å². The Bertz CT molecular complexity index is 456. The van der Waals surface area contributed by atoms with Crippen LogP contribution in [0.3, 0.4) is 0 Å². The van der Waals surface area contributed by atoms with E-state index in [1.54, 1.807) is 6.92 Å². The molecule has 4 N–H and O–H groups in total. The monoisotopic (exact) mass is 249 g/mol. The summed E-state index contributed by atoms with van der Waals surface area (Å²) in [6, 6.07) is 0.